The molecular formula is C14H13N3O3S. The van der Waals surface area contributed by atoms with E-state index in [1.54, 1.807) is 30.6 Å². The lowest BCUT2D eigenvalue weighted by atomic mass is 10.2. The zero-order valence-electron chi connectivity index (χ0n) is 11.3. The summed E-state index contributed by atoms with van der Waals surface area (Å²) in [5.41, 5.74) is 1.02. The topological polar surface area (TPSA) is 75.5 Å². The van der Waals surface area contributed by atoms with Crippen LogP contribution in [-0.2, 0) is 4.74 Å². The molecule has 1 aromatic heterocycles. The Bertz CT molecular complexity index is 693. The summed E-state index contributed by atoms with van der Waals surface area (Å²) in [7, 11) is 0. The second kappa shape index (κ2) is 5.71. The van der Waals surface area contributed by atoms with E-state index in [0.717, 1.165) is 15.6 Å². The first-order chi connectivity index (χ1) is 10.2. The zero-order valence-corrected chi connectivity index (χ0v) is 12.1. The number of hydrogen-bond donors (Lipinski definition) is 1. The standard InChI is InChI=1S/C14H13N3O3S/c1-2-20-8-17-10-7-9(14(18)19)3-4-11(10)21-13-12(17)15-5-6-16-13/h3-7H,2,8H2,1H3,(H,18,19). The van der Waals surface area contributed by atoms with Crippen LogP contribution in [0.15, 0.2) is 40.5 Å². The van der Waals surface area contributed by atoms with Gasteiger partial charge in [-0.25, -0.2) is 14.8 Å². The number of carboxylic acid groups (broad SMARTS) is 1. The van der Waals surface area contributed by atoms with E-state index in [1.807, 2.05) is 11.8 Å². The van der Waals surface area contributed by atoms with Gasteiger partial charge in [0.2, 0.25) is 0 Å². The smallest absolute Gasteiger partial charge is 0.335 e. The monoisotopic (exact) mass is 303 g/mol. The molecule has 6 nitrogen and oxygen atoms in total. The highest BCUT2D eigenvalue weighted by Gasteiger charge is 2.26. The fourth-order valence-electron chi connectivity index (χ4n) is 2.05. The number of rotatable bonds is 4. The normalized spacial score (nSPS) is 12.7. The van der Waals surface area contributed by atoms with Gasteiger partial charge in [0.1, 0.15) is 11.8 Å². The van der Waals surface area contributed by atoms with Crippen LogP contribution in [0.1, 0.15) is 17.3 Å². The summed E-state index contributed by atoms with van der Waals surface area (Å²) < 4.78 is 5.49. The van der Waals surface area contributed by atoms with Gasteiger partial charge in [0.25, 0.3) is 0 Å². The van der Waals surface area contributed by atoms with Gasteiger partial charge >= 0.3 is 5.97 Å². The van der Waals surface area contributed by atoms with Crippen LogP contribution in [0.5, 0.6) is 0 Å². The minimum atomic E-state index is -0.955. The molecule has 0 spiro atoms. The lowest BCUT2D eigenvalue weighted by Gasteiger charge is -2.30. The molecule has 21 heavy (non-hydrogen) atoms. The Morgan fingerprint density at radius 2 is 2.19 bits per heavy atom. The molecular weight excluding hydrogens is 290 g/mol. The zero-order chi connectivity index (χ0) is 14.8. The van der Waals surface area contributed by atoms with Crippen molar-refractivity contribution in [1.29, 1.82) is 0 Å². The van der Waals surface area contributed by atoms with Gasteiger partial charge in [-0.1, -0.05) is 11.8 Å². The Hall–Kier alpha value is -2.12. The Kier molecular flexibility index (Phi) is 3.76. The number of nitrogens with zero attached hydrogens (tertiary/aromatic N) is 3. The van der Waals surface area contributed by atoms with Crippen LogP contribution in [0.2, 0.25) is 0 Å². The largest absolute Gasteiger partial charge is 0.478 e. The van der Waals surface area contributed by atoms with Crippen molar-refractivity contribution in [2.45, 2.75) is 16.8 Å². The Labute approximate surface area is 125 Å². The van der Waals surface area contributed by atoms with Crippen molar-refractivity contribution in [1.82, 2.24) is 9.97 Å². The molecule has 0 saturated heterocycles. The molecule has 0 fully saturated rings. The van der Waals surface area contributed by atoms with Crippen LogP contribution in [0.4, 0.5) is 11.5 Å². The van der Waals surface area contributed by atoms with Crippen LogP contribution in [0.3, 0.4) is 0 Å². The van der Waals surface area contributed by atoms with Crippen LogP contribution < -0.4 is 4.90 Å². The van der Waals surface area contributed by atoms with Crippen LogP contribution in [0.25, 0.3) is 0 Å². The third-order valence-electron chi connectivity index (χ3n) is 3.03. The van der Waals surface area contributed by atoms with Crippen LogP contribution in [0, 0.1) is 0 Å². The Morgan fingerprint density at radius 1 is 1.38 bits per heavy atom. The maximum atomic E-state index is 11.2. The number of aromatic carboxylic acids is 1. The summed E-state index contributed by atoms with van der Waals surface area (Å²) in [5, 5.41) is 9.94. The van der Waals surface area contributed by atoms with E-state index in [-0.39, 0.29) is 5.56 Å². The molecule has 0 amide bonds. The highest BCUT2D eigenvalue weighted by atomic mass is 32.2. The van der Waals surface area contributed by atoms with Crippen LogP contribution >= 0.6 is 11.8 Å². The summed E-state index contributed by atoms with van der Waals surface area (Å²) in [4.78, 5) is 22.6. The second-order valence-corrected chi connectivity index (χ2v) is 5.36. The average molecular weight is 303 g/mol. The molecule has 2 aromatic rings. The number of fused-ring (bicyclic) bond motifs is 2. The maximum absolute atomic E-state index is 11.2. The molecule has 108 valence electrons. The quantitative estimate of drug-likeness (QED) is 0.930. The molecule has 2 heterocycles. The predicted octanol–water partition coefficient (Wildman–Crippen LogP) is 2.77. The molecule has 1 aliphatic heterocycles. The molecule has 1 N–H and O–H groups in total. The molecule has 0 saturated carbocycles. The fraction of sp³-hybridized carbons (Fsp3) is 0.214. The highest BCUT2D eigenvalue weighted by molar-refractivity contribution is 7.99. The van der Waals surface area contributed by atoms with E-state index in [0.29, 0.717) is 19.2 Å². The number of carbonyl (C=O) groups is 1. The molecule has 7 heteroatoms. The predicted molar refractivity (Wildman–Crippen MR) is 78.2 cm³/mol. The molecule has 0 unspecified atom stereocenters. The number of ether oxygens (including phenoxy) is 1. The Balaban J connectivity index is 2.09. The molecule has 3 rings (SSSR count). The lowest BCUT2D eigenvalue weighted by molar-refractivity contribution is 0.0696. The van der Waals surface area contributed by atoms with Crippen molar-refractivity contribution in [3.05, 3.63) is 36.2 Å². The van der Waals surface area contributed by atoms with Gasteiger partial charge < -0.3 is 9.84 Å². The summed E-state index contributed by atoms with van der Waals surface area (Å²) in [6.07, 6.45) is 3.26. The first kappa shape index (κ1) is 13.8. The van der Waals surface area contributed by atoms with Gasteiger partial charge in [-0.3, -0.25) is 4.90 Å². The van der Waals surface area contributed by atoms with Crippen LogP contribution in [-0.4, -0.2) is 34.4 Å². The minimum absolute atomic E-state index is 0.239. The van der Waals surface area contributed by atoms with E-state index >= 15 is 0 Å². The maximum Gasteiger partial charge on any atom is 0.335 e. The Morgan fingerprint density at radius 3 is 2.95 bits per heavy atom. The third kappa shape index (κ3) is 2.57. The van der Waals surface area contributed by atoms with Crippen molar-refractivity contribution < 1.29 is 14.6 Å². The van der Waals surface area contributed by atoms with E-state index < -0.39 is 5.97 Å². The van der Waals surface area contributed by atoms with E-state index in [9.17, 15) is 4.79 Å². The number of aromatic nitrogens is 2. The molecule has 0 aliphatic carbocycles. The number of anilines is 2. The number of carboxylic acids is 1. The summed E-state index contributed by atoms with van der Waals surface area (Å²) in [5.74, 6) is -0.268. The first-order valence-corrected chi connectivity index (χ1v) is 7.24. The van der Waals surface area contributed by atoms with E-state index in [2.05, 4.69) is 9.97 Å². The van der Waals surface area contributed by atoms with Gasteiger partial charge in [-0.05, 0) is 25.1 Å². The van der Waals surface area contributed by atoms with Crippen molar-refractivity contribution in [2.24, 2.45) is 0 Å². The summed E-state index contributed by atoms with van der Waals surface area (Å²) in [6.45, 7) is 2.77. The molecule has 1 aromatic carbocycles. The molecule has 0 radical (unpaired) electrons. The van der Waals surface area contributed by atoms with E-state index in [4.69, 9.17) is 9.84 Å². The van der Waals surface area contributed by atoms with Gasteiger partial charge in [0.05, 0.1) is 11.3 Å². The average Bonchev–Trinajstić information content (AvgIpc) is 2.50. The highest BCUT2D eigenvalue weighted by Crippen LogP contribution is 2.46. The number of benzene rings is 1. The SMILES string of the molecule is CCOCN1c2cc(C(=O)O)ccc2Sc2nccnc21. The lowest BCUT2D eigenvalue weighted by Crippen LogP contribution is -2.25. The van der Waals surface area contributed by atoms with Gasteiger partial charge in [0, 0.05) is 23.9 Å². The fourth-order valence-corrected chi connectivity index (χ4v) is 3.04. The van der Waals surface area contributed by atoms with E-state index in [1.165, 1.54) is 11.8 Å². The molecule has 0 bridgehead atoms. The summed E-state index contributed by atoms with van der Waals surface area (Å²) >= 11 is 1.48. The molecule has 0 atom stereocenters. The minimum Gasteiger partial charge on any atom is -0.478 e. The van der Waals surface area contributed by atoms with Crippen molar-refractivity contribution in [3.8, 4) is 0 Å². The van der Waals surface area contributed by atoms with Crippen molar-refractivity contribution in [2.75, 3.05) is 18.2 Å². The van der Waals surface area contributed by atoms with Gasteiger partial charge in [-0.2, -0.15) is 0 Å². The van der Waals surface area contributed by atoms with Crippen molar-refractivity contribution in [3.63, 3.8) is 0 Å². The third-order valence-corrected chi connectivity index (χ3v) is 4.08. The van der Waals surface area contributed by atoms with Gasteiger partial charge in [0.15, 0.2) is 5.82 Å². The molecule has 1 aliphatic rings. The van der Waals surface area contributed by atoms with Crippen molar-refractivity contribution >= 4 is 29.2 Å². The number of hydrogen-bond acceptors (Lipinski definition) is 6. The second-order valence-electron chi connectivity index (χ2n) is 4.32. The summed E-state index contributed by atoms with van der Waals surface area (Å²) in [6, 6.07) is 5.02. The first-order valence-electron chi connectivity index (χ1n) is 6.42. The van der Waals surface area contributed by atoms with Gasteiger partial charge in [-0.15, -0.1) is 0 Å².